The Labute approximate surface area is 134 Å². The fraction of sp³-hybridized carbons (Fsp3) is 0.0500. The van der Waals surface area contributed by atoms with Crippen molar-refractivity contribution in [3.63, 3.8) is 0 Å². The Morgan fingerprint density at radius 2 is 1.74 bits per heavy atom. The second-order valence-corrected chi connectivity index (χ2v) is 5.55. The number of para-hydroxylation sites is 1. The monoisotopic (exact) mass is 300 g/mol. The number of amides is 1. The summed E-state index contributed by atoms with van der Waals surface area (Å²) in [5.41, 5.74) is 3.76. The zero-order chi connectivity index (χ0) is 15.6. The third kappa shape index (κ3) is 2.36. The van der Waals surface area contributed by atoms with Crippen LogP contribution < -0.4 is 4.90 Å². The van der Waals surface area contributed by atoms with Crippen molar-refractivity contribution < 1.29 is 4.79 Å². The quantitative estimate of drug-likeness (QED) is 0.746. The lowest BCUT2D eigenvalue weighted by Gasteiger charge is -2.33. The van der Waals surface area contributed by atoms with Crippen LogP contribution in [-0.4, -0.2) is 10.9 Å². The molecule has 1 amide bonds. The van der Waals surface area contributed by atoms with Gasteiger partial charge < -0.3 is 4.98 Å². The molecule has 0 fully saturated rings. The molecule has 0 aliphatic carbocycles. The average molecular weight is 300 g/mol. The normalized spacial score (nSPS) is 16.2. The van der Waals surface area contributed by atoms with Gasteiger partial charge in [0.2, 0.25) is 0 Å². The van der Waals surface area contributed by atoms with E-state index in [4.69, 9.17) is 0 Å². The second kappa shape index (κ2) is 5.61. The first-order chi connectivity index (χ1) is 11.3. The zero-order valence-corrected chi connectivity index (χ0v) is 12.5. The van der Waals surface area contributed by atoms with Gasteiger partial charge in [0.15, 0.2) is 0 Å². The molecule has 0 saturated carbocycles. The Bertz CT molecular complexity index is 850. The molecular formula is C20H16N2O. The average Bonchev–Trinajstić information content (AvgIpc) is 3.15. The molecule has 1 aromatic heterocycles. The highest BCUT2D eigenvalue weighted by Gasteiger charge is 2.29. The lowest BCUT2D eigenvalue weighted by atomic mass is 9.98. The molecule has 4 rings (SSSR count). The Morgan fingerprint density at radius 3 is 2.52 bits per heavy atom. The number of carbonyl (C=O) groups excluding carboxylic acids is 1. The van der Waals surface area contributed by atoms with Gasteiger partial charge in [-0.25, -0.2) is 0 Å². The van der Waals surface area contributed by atoms with E-state index in [1.165, 1.54) is 0 Å². The summed E-state index contributed by atoms with van der Waals surface area (Å²) in [7, 11) is 0. The molecule has 3 nitrogen and oxygen atoms in total. The topological polar surface area (TPSA) is 36.1 Å². The summed E-state index contributed by atoms with van der Waals surface area (Å²) in [4.78, 5) is 18.1. The van der Waals surface area contributed by atoms with E-state index in [2.05, 4.69) is 17.1 Å². The standard InChI is InChI=1S/C20H16N2O/c23-20(16-7-2-1-3-8-16)22-18-9-5-4-6-15(18)10-11-19(22)17-12-13-21-14-17/h1-14,19,21H. The molecule has 3 heteroatoms. The van der Waals surface area contributed by atoms with Crippen molar-refractivity contribution in [3.8, 4) is 0 Å². The summed E-state index contributed by atoms with van der Waals surface area (Å²) in [6.07, 6.45) is 7.98. The number of nitrogens with one attached hydrogen (secondary N) is 1. The Kier molecular flexibility index (Phi) is 3.31. The third-order valence-electron chi connectivity index (χ3n) is 4.14. The molecular weight excluding hydrogens is 284 g/mol. The van der Waals surface area contributed by atoms with Gasteiger partial charge in [0.25, 0.3) is 5.91 Å². The molecule has 0 spiro atoms. The van der Waals surface area contributed by atoms with Gasteiger partial charge in [0.1, 0.15) is 0 Å². The third-order valence-corrected chi connectivity index (χ3v) is 4.14. The van der Waals surface area contributed by atoms with E-state index in [1.807, 2.05) is 78.0 Å². The van der Waals surface area contributed by atoms with Gasteiger partial charge in [0.05, 0.1) is 11.7 Å². The Morgan fingerprint density at radius 1 is 0.957 bits per heavy atom. The van der Waals surface area contributed by atoms with Gasteiger partial charge in [-0.05, 0) is 35.4 Å². The molecule has 0 radical (unpaired) electrons. The van der Waals surface area contributed by atoms with Crippen LogP contribution in [0.2, 0.25) is 0 Å². The van der Waals surface area contributed by atoms with E-state index in [0.29, 0.717) is 5.56 Å². The number of benzene rings is 2. The molecule has 1 aliphatic heterocycles. The van der Waals surface area contributed by atoms with E-state index in [-0.39, 0.29) is 11.9 Å². The SMILES string of the molecule is O=C(c1ccccc1)N1c2ccccc2C=CC1c1cc[nH]c1. The predicted octanol–water partition coefficient (Wildman–Crippen LogP) is 4.43. The summed E-state index contributed by atoms with van der Waals surface area (Å²) >= 11 is 0. The summed E-state index contributed by atoms with van der Waals surface area (Å²) in [5.74, 6) is 0.00796. The lowest BCUT2D eigenvalue weighted by Crippen LogP contribution is -2.35. The maximum atomic E-state index is 13.1. The van der Waals surface area contributed by atoms with Crippen LogP contribution >= 0.6 is 0 Å². The number of fused-ring (bicyclic) bond motifs is 1. The van der Waals surface area contributed by atoms with Crippen molar-refractivity contribution in [1.82, 2.24) is 4.98 Å². The van der Waals surface area contributed by atoms with Gasteiger partial charge in [-0.15, -0.1) is 0 Å². The van der Waals surface area contributed by atoms with Gasteiger partial charge in [0, 0.05) is 18.0 Å². The molecule has 2 heterocycles. The molecule has 0 saturated heterocycles. The number of anilines is 1. The summed E-state index contributed by atoms with van der Waals surface area (Å²) in [5, 5.41) is 0. The minimum atomic E-state index is -0.108. The first-order valence-corrected chi connectivity index (χ1v) is 7.63. The molecule has 23 heavy (non-hydrogen) atoms. The van der Waals surface area contributed by atoms with Crippen molar-refractivity contribution >= 4 is 17.7 Å². The molecule has 3 aromatic rings. The van der Waals surface area contributed by atoms with Crippen molar-refractivity contribution in [1.29, 1.82) is 0 Å². The molecule has 1 aliphatic rings. The van der Waals surface area contributed by atoms with Crippen molar-refractivity contribution in [2.45, 2.75) is 6.04 Å². The van der Waals surface area contributed by atoms with Crippen molar-refractivity contribution in [2.24, 2.45) is 0 Å². The van der Waals surface area contributed by atoms with Crippen LogP contribution in [0.1, 0.15) is 27.5 Å². The number of nitrogens with zero attached hydrogens (tertiary/aromatic N) is 1. The predicted molar refractivity (Wildman–Crippen MR) is 92.3 cm³/mol. The summed E-state index contributed by atoms with van der Waals surface area (Å²) in [6, 6.07) is 19.3. The second-order valence-electron chi connectivity index (χ2n) is 5.55. The molecule has 0 bridgehead atoms. The summed E-state index contributed by atoms with van der Waals surface area (Å²) in [6.45, 7) is 0. The highest BCUT2D eigenvalue weighted by atomic mass is 16.2. The number of H-pyrrole nitrogens is 1. The van der Waals surface area contributed by atoms with Crippen molar-refractivity contribution in [2.75, 3.05) is 4.90 Å². The maximum Gasteiger partial charge on any atom is 0.259 e. The number of carbonyl (C=O) groups is 1. The van der Waals surface area contributed by atoms with E-state index >= 15 is 0 Å². The molecule has 1 N–H and O–H groups in total. The minimum Gasteiger partial charge on any atom is -0.367 e. The van der Waals surface area contributed by atoms with Crippen LogP contribution in [0.5, 0.6) is 0 Å². The van der Waals surface area contributed by atoms with Crippen LogP contribution in [-0.2, 0) is 0 Å². The number of aromatic nitrogens is 1. The minimum absolute atomic E-state index is 0.00796. The van der Waals surface area contributed by atoms with Crippen molar-refractivity contribution in [3.05, 3.63) is 95.8 Å². The van der Waals surface area contributed by atoms with E-state index in [9.17, 15) is 4.79 Å². The lowest BCUT2D eigenvalue weighted by molar-refractivity contribution is 0.0980. The Hall–Kier alpha value is -3.07. The molecule has 2 aromatic carbocycles. The fourth-order valence-electron chi connectivity index (χ4n) is 3.02. The molecule has 1 unspecified atom stereocenters. The van der Waals surface area contributed by atoms with E-state index in [0.717, 1.165) is 16.8 Å². The zero-order valence-electron chi connectivity index (χ0n) is 12.5. The number of rotatable bonds is 2. The highest BCUT2D eigenvalue weighted by Crippen LogP contribution is 2.37. The van der Waals surface area contributed by atoms with Crippen LogP contribution in [0.4, 0.5) is 5.69 Å². The van der Waals surface area contributed by atoms with Gasteiger partial charge >= 0.3 is 0 Å². The fourth-order valence-corrected chi connectivity index (χ4v) is 3.02. The van der Waals surface area contributed by atoms with Gasteiger partial charge in [-0.1, -0.05) is 48.6 Å². The smallest absolute Gasteiger partial charge is 0.259 e. The van der Waals surface area contributed by atoms with Crippen LogP contribution in [0, 0.1) is 0 Å². The van der Waals surface area contributed by atoms with Crippen LogP contribution in [0.3, 0.4) is 0 Å². The highest BCUT2D eigenvalue weighted by molar-refractivity contribution is 6.08. The molecule has 1 atom stereocenters. The first kappa shape index (κ1) is 13.6. The first-order valence-electron chi connectivity index (χ1n) is 7.63. The number of aromatic amines is 1. The van der Waals surface area contributed by atoms with Crippen LogP contribution in [0.25, 0.3) is 6.08 Å². The molecule has 112 valence electrons. The summed E-state index contributed by atoms with van der Waals surface area (Å²) < 4.78 is 0. The largest absolute Gasteiger partial charge is 0.367 e. The maximum absolute atomic E-state index is 13.1. The van der Waals surface area contributed by atoms with Gasteiger partial charge in [-0.2, -0.15) is 0 Å². The van der Waals surface area contributed by atoms with Crippen LogP contribution in [0.15, 0.2) is 79.1 Å². The van der Waals surface area contributed by atoms with E-state index in [1.54, 1.807) is 0 Å². The number of hydrogen-bond acceptors (Lipinski definition) is 1. The van der Waals surface area contributed by atoms with Gasteiger partial charge in [-0.3, -0.25) is 9.69 Å². The van der Waals surface area contributed by atoms with E-state index < -0.39 is 0 Å². The Balaban J connectivity index is 1.84. The number of hydrogen-bond donors (Lipinski definition) is 1.